The van der Waals surface area contributed by atoms with Crippen LogP contribution in [0.25, 0.3) is 0 Å². The Bertz CT molecular complexity index is 441. The highest BCUT2D eigenvalue weighted by molar-refractivity contribution is 5.42. The van der Waals surface area contributed by atoms with Crippen molar-refractivity contribution in [1.82, 2.24) is 0 Å². The number of rotatable bonds is 5. The molecule has 0 aromatic heterocycles. The van der Waals surface area contributed by atoms with E-state index in [0.717, 1.165) is 6.42 Å². The molecule has 0 amide bonds. The van der Waals surface area contributed by atoms with Gasteiger partial charge in [-0.1, -0.05) is 45.1 Å². The van der Waals surface area contributed by atoms with E-state index in [2.05, 4.69) is 58.2 Å². The van der Waals surface area contributed by atoms with E-state index in [1.807, 2.05) is 19.1 Å². The third-order valence-corrected chi connectivity index (χ3v) is 4.24. The molecule has 0 nitrogen and oxygen atoms in total. The maximum Gasteiger partial charge on any atom is -0.00256 e. The fourth-order valence-electron chi connectivity index (χ4n) is 2.90. The lowest BCUT2D eigenvalue weighted by molar-refractivity contribution is 0.252. The normalized spacial score (nSPS) is 27.2. The molecule has 0 radical (unpaired) electrons. The zero-order chi connectivity index (χ0) is 14.5. The highest BCUT2D eigenvalue weighted by Gasteiger charge is 2.31. The van der Waals surface area contributed by atoms with Crippen LogP contribution in [0.15, 0.2) is 53.8 Å². The number of hydrogen-bond donors (Lipinski definition) is 0. The highest BCUT2D eigenvalue weighted by atomic mass is 14.4. The Morgan fingerprint density at radius 1 is 1.58 bits per heavy atom. The first-order valence-electron chi connectivity index (χ1n) is 7.33. The molecule has 0 aromatic rings. The van der Waals surface area contributed by atoms with Crippen LogP contribution in [-0.4, -0.2) is 0 Å². The van der Waals surface area contributed by atoms with E-state index in [-0.39, 0.29) is 5.41 Å². The molecule has 1 rings (SSSR count). The van der Waals surface area contributed by atoms with Crippen molar-refractivity contribution in [3.8, 4) is 0 Å². The van der Waals surface area contributed by atoms with Gasteiger partial charge in [-0.25, -0.2) is 0 Å². The van der Waals surface area contributed by atoms with Crippen molar-refractivity contribution in [2.24, 2.45) is 17.3 Å². The van der Waals surface area contributed by atoms with Crippen LogP contribution in [0.3, 0.4) is 0 Å². The maximum atomic E-state index is 3.86. The summed E-state index contributed by atoms with van der Waals surface area (Å²) in [4.78, 5) is 0. The first-order chi connectivity index (χ1) is 8.92. The molecule has 1 aliphatic carbocycles. The third kappa shape index (κ3) is 4.11. The average molecular weight is 256 g/mol. The lowest BCUT2D eigenvalue weighted by atomic mass is 9.68. The summed E-state index contributed by atoms with van der Waals surface area (Å²) >= 11 is 0. The van der Waals surface area contributed by atoms with Gasteiger partial charge in [0.1, 0.15) is 0 Å². The van der Waals surface area contributed by atoms with Crippen LogP contribution in [0.4, 0.5) is 0 Å². The summed E-state index contributed by atoms with van der Waals surface area (Å²) in [5.41, 5.74) is 6.09. The molecule has 0 heteroatoms. The fourth-order valence-corrected chi connectivity index (χ4v) is 2.90. The molecule has 0 aromatic carbocycles. The van der Waals surface area contributed by atoms with Crippen LogP contribution in [0.2, 0.25) is 0 Å². The second kappa shape index (κ2) is 6.78. The summed E-state index contributed by atoms with van der Waals surface area (Å²) in [6.07, 6.45) is 13.4. The molecule has 0 bridgehead atoms. The van der Waals surface area contributed by atoms with Crippen molar-refractivity contribution in [3.63, 3.8) is 0 Å². The fraction of sp³-hybridized carbons (Fsp3) is 0.526. The van der Waals surface area contributed by atoms with E-state index >= 15 is 0 Å². The molecule has 0 spiro atoms. The van der Waals surface area contributed by atoms with Gasteiger partial charge in [0.2, 0.25) is 0 Å². The Morgan fingerprint density at radius 3 is 2.84 bits per heavy atom. The summed E-state index contributed by atoms with van der Waals surface area (Å²) in [5, 5.41) is 0. The van der Waals surface area contributed by atoms with Gasteiger partial charge in [-0.2, -0.15) is 0 Å². The number of hydrogen-bond acceptors (Lipinski definition) is 0. The quantitative estimate of drug-likeness (QED) is 0.427. The van der Waals surface area contributed by atoms with Gasteiger partial charge < -0.3 is 0 Å². The largest absolute Gasteiger partial charge is 0.122 e. The van der Waals surface area contributed by atoms with E-state index in [1.165, 1.54) is 17.6 Å². The van der Waals surface area contributed by atoms with Gasteiger partial charge >= 0.3 is 0 Å². The monoisotopic (exact) mass is 256 g/mol. The first-order valence-corrected chi connectivity index (χ1v) is 7.33. The Balaban J connectivity index is 3.01. The molecule has 0 N–H and O–H groups in total. The van der Waals surface area contributed by atoms with Crippen molar-refractivity contribution >= 4 is 0 Å². The molecule has 0 heterocycles. The molecule has 3 atom stereocenters. The van der Waals surface area contributed by atoms with E-state index < -0.39 is 0 Å². The molecule has 0 fully saturated rings. The minimum atomic E-state index is 0.239. The van der Waals surface area contributed by atoms with E-state index in [0.29, 0.717) is 11.8 Å². The van der Waals surface area contributed by atoms with Gasteiger partial charge in [-0.3, -0.25) is 0 Å². The summed E-state index contributed by atoms with van der Waals surface area (Å²) in [7, 11) is 0. The standard InChI is InChI=1S/C19H28/c1-7-9-15(3)13-19(6)14-18(12-11-17(19)5)16(4)10-8-2/h7-8,11-12,14-15,17H,1,9,13H2,2-6H3/t10?,15-,17-,19-/m1/s1. The van der Waals surface area contributed by atoms with Crippen molar-refractivity contribution in [3.05, 3.63) is 53.8 Å². The Hall–Kier alpha value is -1.26. The molecule has 104 valence electrons. The van der Waals surface area contributed by atoms with Gasteiger partial charge in [0, 0.05) is 0 Å². The topological polar surface area (TPSA) is 0 Å². The Labute approximate surface area is 119 Å². The predicted octanol–water partition coefficient (Wildman–Crippen LogP) is 5.85. The molecule has 1 aliphatic rings. The van der Waals surface area contributed by atoms with Crippen molar-refractivity contribution in [2.45, 2.75) is 47.5 Å². The zero-order valence-electron chi connectivity index (χ0n) is 13.2. The lowest BCUT2D eigenvalue weighted by Crippen LogP contribution is -2.27. The van der Waals surface area contributed by atoms with Crippen LogP contribution in [0, 0.1) is 17.3 Å². The van der Waals surface area contributed by atoms with Crippen LogP contribution >= 0.6 is 0 Å². The van der Waals surface area contributed by atoms with Crippen LogP contribution in [-0.2, 0) is 0 Å². The lowest BCUT2D eigenvalue weighted by Gasteiger charge is -2.36. The molecule has 0 saturated carbocycles. The Kier molecular flexibility index (Phi) is 5.63. The van der Waals surface area contributed by atoms with E-state index in [4.69, 9.17) is 0 Å². The van der Waals surface area contributed by atoms with Gasteiger partial charge in [-0.15, -0.1) is 12.3 Å². The van der Waals surface area contributed by atoms with E-state index in [9.17, 15) is 0 Å². The minimum Gasteiger partial charge on any atom is -0.122 e. The second-order valence-corrected chi connectivity index (χ2v) is 6.14. The van der Waals surface area contributed by atoms with Gasteiger partial charge in [0.25, 0.3) is 0 Å². The molecule has 0 saturated heterocycles. The van der Waals surface area contributed by atoms with Crippen LogP contribution < -0.4 is 0 Å². The van der Waals surface area contributed by atoms with Crippen molar-refractivity contribution in [1.29, 1.82) is 0 Å². The third-order valence-electron chi connectivity index (χ3n) is 4.24. The SMILES string of the molecule is C=CC[C@@H](C)C[C@]1(C)C=C(C(C)=C=CC)C=C[C@H]1C. The van der Waals surface area contributed by atoms with Crippen molar-refractivity contribution in [2.75, 3.05) is 0 Å². The summed E-state index contributed by atoms with van der Waals surface area (Å²) in [5.74, 6) is 1.27. The number of allylic oxidation sites excluding steroid dienone is 6. The molecule has 19 heavy (non-hydrogen) atoms. The Morgan fingerprint density at radius 2 is 2.26 bits per heavy atom. The molecular formula is C19H28. The van der Waals surface area contributed by atoms with Gasteiger partial charge in [-0.05, 0) is 61.2 Å². The molecule has 0 unspecified atom stereocenters. The molecular weight excluding hydrogens is 228 g/mol. The van der Waals surface area contributed by atoms with E-state index in [1.54, 1.807) is 0 Å². The van der Waals surface area contributed by atoms with Crippen molar-refractivity contribution < 1.29 is 0 Å². The minimum absolute atomic E-state index is 0.239. The summed E-state index contributed by atoms with van der Waals surface area (Å²) in [6.45, 7) is 15.0. The second-order valence-electron chi connectivity index (χ2n) is 6.14. The maximum absolute atomic E-state index is 3.86. The summed E-state index contributed by atoms with van der Waals surface area (Å²) < 4.78 is 0. The summed E-state index contributed by atoms with van der Waals surface area (Å²) in [6, 6.07) is 0. The van der Waals surface area contributed by atoms with Crippen LogP contribution in [0.5, 0.6) is 0 Å². The molecule has 0 aliphatic heterocycles. The highest BCUT2D eigenvalue weighted by Crippen LogP contribution is 2.42. The van der Waals surface area contributed by atoms with Gasteiger partial charge in [0.05, 0.1) is 0 Å². The van der Waals surface area contributed by atoms with Gasteiger partial charge in [0.15, 0.2) is 0 Å². The van der Waals surface area contributed by atoms with Crippen LogP contribution in [0.1, 0.15) is 47.5 Å². The smallest absolute Gasteiger partial charge is 0.00256 e. The first kappa shape index (κ1) is 15.8. The zero-order valence-corrected chi connectivity index (χ0v) is 13.2. The average Bonchev–Trinajstić information content (AvgIpc) is 2.33. The predicted molar refractivity (Wildman–Crippen MR) is 86.0 cm³/mol.